The Kier molecular flexibility index (Phi) is 6.54. The minimum atomic E-state index is 0.507. The van der Waals surface area contributed by atoms with Crippen LogP contribution in [0.2, 0.25) is 0 Å². The van der Waals surface area contributed by atoms with Crippen molar-refractivity contribution in [3.63, 3.8) is 0 Å². The summed E-state index contributed by atoms with van der Waals surface area (Å²) < 4.78 is 6.28. The zero-order valence-corrected chi connectivity index (χ0v) is 24.1. The highest BCUT2D eigenvalue weighted by Gasteiger charge is 2.50. The number of anilines is 1. The number of H-pyrrole nitrogens is 1. The average molecular weight is 536 g/mol. The number of nitrogens with zero attached hydrogens (tertiary/aromatic N) is 4. The van der Waals surface area contributed by atoms with Crippen molar-refractivity contribution in [2.24, 2.45) is 5.41 Å². The van der Waals surface area contributed by atoms with Gasteiger partial charge in [-0.2, -0.15) is 0 Å². The number of aromatic amines is 1. The monoisotopic (exact) mass is 535 g/mol. The number of fused-ring (bicyclic) bond motifs is 1. The first kappa shape index (κ1) is 25.6. The third kappa shape index (κ3) is 4.66. The molecular formula is C34H41N5O. The smallest absolute Gasteiger partial charge is 0.146 e. The summed E-state index contributed by atoms with van der Waals surface area (Å²) in [5, 5.41) is 1.05. The quantitative estimate of drug-likeness (QED) is 0.273. The number of aromatic nitrogens is 3. The van der Waals surface area contributed by atoms with E-state index in [4.69, 9.17) is 9.72 Å². The molecule has 3 aliphatic rings. The molecule has 0 bridgehead atoms. The second-order valence-electron chi connectivity index (χ2n) is 12.7. The van der Waals surface area contributed by atoms with E-state index in [2.05, 4.69) is 70.9 Å². The summed E-state index contributed by atoms with van der Waals surface area (Å²) in [7, 11) is 0. The number of hydrogen-bond acceptors (Lipinski definition) is 5. The molecule has 6 nitrogen and oxygen atoms in total. The molecule has 3 aromatic heterocycles. The van der Waals surface area contributed by atoms with E-state index in [-0.39, 0.29) is 0 Å². The molecule has 5 heterocycles. The van der Waals surface area contributed by atoms with Gasteiger partial charge in [0.2, 0.25) is 0 Å². The molecule has 1 spiro atoms. The summed E-state index contributed by atoms with van der Waals surface area (Å²) >= 11 is 0. The first-order chi connectivity index (χ1) is 19.5. The first-order valence-corrected chi connectivity index (χ1v) is 15.2. The van der Waals surface area contributed by atoms with Crippen LogP contribution < -0.4 is 9.64 Å². The maximum absolute atomic E-state index is 6.28. The van der Waals surface area contributed by atoms with Gasteiger partial charge in [-0.15, -0.1) is 0 Å². The highest BCUT2D eigenvalue weighted by Crippen LogP contribution is 2.54. The van der Waals surface area contributed by atoms with Crippen LogP contribution in [0.15, 0.2) is 61.1 Å². The molecule has 1 aromatic carbocycles. The molecule has 1 aliphatic carbocycles. The van der Waals surface area contributed by atoms with Crippen LogP contribution in [-0.4, -0.2) is 45.5 Å². The Morgan fingerprint density at radius 2 is 1.82 bits per heavy atom. The van der Waals surface area contributed by atoms with Crippen LogP contribution in [0.4, 0.5) is 5.82 Å². The van der Waals surface area contributed by atoms with Gasteiger partial charge in [0.05, 0.1) is 6.20 Å². The minimum absolute atomic E-state index is 0.507. The van der Waals surface area contributed by atoms with Crippen LogP contribution in [0.25, 0.3) is 11.0 Å². The summed E-state index contributed by atoms with van der Waals surface area (Å²) in [6.45, 7) is 10.1. The lowest BCUT2D eigenvalue weighted by atomic mass is 9.60. The predicted octanol–water partition coefficient (Wildman–Crippen LogP) is 7.77. The van der Waals surface area contributed by atoms with E-state index in [9.17, 15) is 0 Å². The van der Waals surface area contributed by atoms with Gasteiger partial charge in [-0.25, -0.2) is 9.97 Å². The average Bonchev–Trinajstić information content (AvgIpc) is 3.62. The minimum Gasteiger partial charge on any atom is -0.455 e. The van der Waals surface area contributed by atoms with Crippen molar-refractivity contribution in [3.8, 4) is 11.5 Å². The van der Waals surface area contributed by atoms with Gasteiger partial charge in [0, 0.05) is 54.6 Å². The molecule has 0 amide bonds. The Hall–Kier alpha value is -3.38. The fraction of sp³-hybridized carbons (Fsp3) is 0.471. The second-order valence-corrected chi connectivity index (χ2v) is 12.7. The molecule has 1 saturated carbocycles. The Morgan fingerprint density at radius 1 is 1.00 bits per heavy atom. The fourth-order valence-corrected chi connectivity index (χ4v) is 7.57. The van der Waals surface area contributed by atoms with Gasteiger partial charge in [-0.1, -0.05) is 38.1 Å². The molecule has 2 saturated heterocycles. The third-order valence-electron chi connectivity index (χ3n) is 9.87. The molecule has 6 heteroatoms. The number of nitrogens with one attached hydrogen (secondary N) is 1. The molecule has 1 N–H and O–H groups in total. The van der Waals surface area contributed by atoms with Gasteiger partial charge < -0.3 is 14.6 Å². The molecular weight excluding hydrogens is 494 g/mol. The van der Waals surface area contributed by atoms with E-state index in [0.717, 1.165) is 53.0 Å². The van der Waals surface area contributed by atoms with Crippen molar-refractivity contribution in [2.45, 2.75) is 77.3 Å². The Balaban J connectivity index is 0.991. The molecule has 208 valence electrons. The van der Waals surface area contributed by atoms with Crippen LogP contribution in [-0.2, 0) is 0 Å². The van der Waals surface area contributed by atoms with Crippen LogP contribution >= 0.6 is 0 Å². The second kappa shape index (κ2) is 10.2. The number of hydrogen-bond donors (Lipinski definition) is 1. The highest BCUT2D eigenvalue weighted by atomic mass is 16.5. The van der Waals surface area contributed by atoms with Crippen LogP contribution in [0.5, 0.6) is 11.5 Å². The van der Waals surface area contributed by atoms with Gasteiger partial charge in [-0.05, 0) is 86.6 Å². The predicted molar refractivity (Wildman–Crippen MR) is 161 cm³/mol. The summed E-state index contributed by atoms with van der Waals surface area (Å²) in [5.74, 6) is 3.21. The number of rotatable bonds is 6. The van der Waals surface area contributed by atoms with E-state index in [1.165, 1.54) is 50.6 Å². The topological polar surface area (TPSA) is 57.3 Å². The molecule has 40 heavy (non-hydrogen) atoms. The highest BCUT2D eigenvalue weighted by molar-refractivity contribution is 5.76. The summed E-state index contributed by atoms with van der Waals surface area (Å²) in [4.78, 5) is 17.7. The van der Waals surface area contributed by atoms with Gasteiger partial charge in [0.1, 0.15) is 23.0 Å². The van der Waals surface area contributed by atoms with E-state index < -0.39 is 0 Å². The van der Waals surface area contributed by atoms with Crippen molar-refractivity contribution in [1.82, 2.24) is 19.9 Å². The van der Waals surface area contributed by atoms with E-state index in [1.54, 1.807) is 11.8 Å². The molecule has 3 fully saturated rings. The summed E-state index contributed by atoms with van der Waals surface area (Å²) in [6.07, 6.45) is 13.5. The number of aryl methyl sites for hydroxylation is 1. The van der Waals surface area contributed by atoms with E-state index >= 15 is 0 Å². The number of likely N-dealkylation sites (tertiary alicyclic amines) is 1. The van der Waals surface area contributed by atoms with E-state index in [1.807, 2.05) is 24.5 Å². The van der Waals surface area contributed by atoms with E-state index in [0.29, 0.717) is 17.4 Å². The Labute approximate surface area is 237 Å². The normalized spacial score (nSPS) is 21.4. The van der Waals surface area contributed by atoms with Crippen LogP contribution in [0.3, 0.4) is 0 Å². The molecule has 1 unspecified atom stereocenters. The number of piperidine rings is 1. The molecule has 1 atom stereocenters. The third-order valence-corrected chi connectivity index (χ3v) is 9.87. The van der Waals surface area contributed by atoms with Crippen molar-refractivity contribution < 1.29 is 4.74 Å². The zero-order chi connectivity index (χ0) is 27.3. The van der Waals surface area contributed by atoms with Crippen molar-refractivity contribution >= 4 is 16.9 Å². The lowest BCUT2D eigenvalue weighted by Crippen LogP contribution is -2.55. The molecule has 2 aliphatic heterocycles. The maximum Gasteiger partial charge on any atom is 0.146 e. The Morgan fingerprint density at radius 3 is 2.65 bits per heavy atom. The molecule has 4 aromatic rings. The van der Waals surface area contributed by atoms with Gasteiger partial charge in [0.25, 0.3) is 0 Å². The number of ether oxygens (including phenoxy) is 1. The number of pyridine rings is 2. The van der Waals surface area contributed by atoms with Crippen molar-refractivity contribution in [3.05, 3.63) is 77.7 Å². The first-order valence-electron chi connectivity index (χ1n) is 15.2. The zero-order valence-electron chi connectivity index (χ0n) is 24.1. The maximum atomic E-state index is 6.28. The summed E-state index contributed by atoms with van der Waals surface area (Å²) in [5.41, 5.74) is 5.54. The van der Waals surface area contributed by atoms with Crippen molar-refractivity contribution in [1.29, 1.82) is 0 Å². The standard InChI is InChI=1S/C34H41N5O/c1-23(2)28-7-4-5-8-29(28)30-9-6-14-39(30)26-19-34(20-26)11-15-38(16-12-34)32-18-31(24(3)21-36-32)40-27-17-25-10-13-35-33(25)37-22-27/h4-5,7-8,10,13,17-18,21-23,26,30H,6,9,11-12,14-16,19-20H2,1-3H3,(H,35,37). The van der Waals surface area contributed by atoms with Crippen LogP contribution in [0.1, 0.15) is 81.0 Å². The summed E-state index contributed by atoms with van der Waals surface area (Å²) in [6, 6.07) is 16.7. The Bertz CT molecular complexity index is 1490. The van der Waals surface area contributed by atoms with Gasteiger partial charge >= 0.3 is 0 Å². The van der Waals surface area contributed by atoms with Crippen molar-refractivity contribution in [2.75, 3.05) is 24.5 Å². The lowest BCUT2D eigenvalue weighted by Gasteiger charge is -2.56. The SMILES string of the molecule is Cc1cnc(N2CCC3(CC2)CC(N2CCCC2c2ccccc2C(C)C)C3)cc1Oc1cnc2[nH]ccc2c1. The lowest BCUT2D eigenvalue weighted by molar-refractivity contribution is -0.0228. The largest absolute Gasteiger partial charge is 0.455 e. The van der Waals surface area contributed by atoms with Gasteiger partial charge in [-0.3, -0.25) is 4.90 Å². The number of benzene rings is 1. The van der Waals surface area contributed by atoms with Gasteiger partial charge in [0.15, 0.2) is 0 Å². The molecule has 7 rings (SSSR count). The molecule has 0 radical (unpaired) electrons. The fourth-order valence-electron chi connectivity index (χ4n) is 7.57. The van der Waals surface area contributed by atoms with Crippen LogP contribution in [0, 0.1) is 12.3 Å².